The van der Waals surface area contributed by atoms with Crippen LogP contribution in [0.3, 0.4) is 0 Å². The van der Waals surface area contributed by atoms with E-state index in [2.05, 4.69) is 33.0 Å². The zero-order chi connectivity index (χ0) is 8.91. The molecule has 1 heterocycles. The maximum atomic E-state index is 2.42. The van der Waals surface area contributed by atoms with Gasteiger partial charge in [0, 0.05) is 26.6 Å². The molecule has 0 saturated carbocycles. The minimum atomic E-state index is 0. The molecule has 0 aliphatic carbocycles. The molecular weight excluding hydrogens is 317 g/mol. The normalized spacial score (nSPS) is 17.1. The van der Waals surface area contributed by atoms with Gasteiger partial charge in [-0.2, -0.15) is 0 Å². The van der Waals surface area contributed by atoms with Crippen molar-refractivity contribution in [3.63, 3.8) is 0 Å². The molecule has 12 heavy (non-hydrogen) atoms. The molecule has 1 fully saturated rings. The number of hydrogen-bond donors (Lipinski definition) is 0. The van der Waals surface area contributed by atoms with E-state index in [9.17, 15) is 0 Å². The van der Waals surface area contributed by atoms with Crippen LogP contribution in [0.15, 0.2) is 0 Å². The van der Waals surface area contributed by atoms with E-state index in [0.29, 0.717) is 5.54 Å². The van der Waals surface area contributed by atoms with Gasteiger partial charge in [-0.1, -0.05) is 20.2 Å². The third kappa shape index (κ3) is 5.37. The minimum absolute atomic E-state index is 0. The standard InChI is InChI=1S/C7H15BN.C2H6.W/c1-7(2,3)9-6-4-5-8-9;1-2;/h4-6H2,1-3H3;1-2H3;. The molecule has 1 saturated heterocycles. The Labute approximate surface area is 92.8 Å². The van der Waals surface area contributed by atoms with Crippen molar-refractivity contribution in [2.45, 2.75) is 52.9 Å². The van der Waals surface area contributed by atoms with Gasteiger partial charge >= 0.3 is 0 Å². The molecule has 0 aromatic carbocycles. The van der Waals surface area contributed by atoms with E-state index in [1.54, 1.807) is 0 Å². The first-order chi connectivity index (χ1) is 5.11. The van der Waals surface area contributed by atoms with Crippen LogP contribution >= 0.6 is 0 Å². The monoisotopic (exact) mass is 338 g/mol. The van der Waals surface area contributed by atoms with E-state index in [1.807, 2.05) is 13.8 Å². The zero-order valence-corrected chi connectivity index (χ0v) is 12.0. The van der Waals surface area contributed by atoms with Gasteiger partial charge in [0.05, 0.1) is 0 Å². The Morgan fingerprint density at radius 2 is 1.67 bits per heavy atom. The van der Waals surface area contributed by atoms with E-state index in [0.717, 1.165) is 0 Å². The molecule has 1 radical (unpaired) electrons. The van der Waals surface area contributed by atoms with Gasteiger partial charge in [-0.15, -0.1) is 0 Å². The summed E-state index contributed by atoms with van der Waals surface area (Å²) in [6.07, 6.45) is 2.62. The summed E-state index contributed by atoms with van der Waals surface area (Å²) in [7, 11) is 2.32. The van der Waals surface area contributed by atoms with Crippen LogP contribution < -0.4 is 0 Å². The Hall–Kier alpha value is 0.713. The Morgan fingerprint density at radius 1 is 1.17 bits per heavy atom. The van der Waals surface area contributed by atoms with Crippen molar-refractivity contribution < 1.29 is 21.1 Å². The van der Waals surface area contributed by atoms with E-state index < -0.39 is 0 Å². The first-order valence-electron chi connectivity index (χ1n) is 4.71. The van der Waals surface area contributed by atoms with Crippen LogP contribution in [-0.2, 0) is 21.1 Å². The molecule has 0 unspecified atom stereocenters. The second kappa shape index (κ2) is 7.15. The van der Waals surface area contributed by atoms with Crippen LogP contribution in [0.4, 0.5) is 0 Å². The van der Waals surface area contributed by atoms with Gasteiger partial charge in [0.2, 0.25) is 7.41 Å². The third-order valence-corrected chi connectivity index (χ3v) is 1.81. The fourth-order valence-electron chi connectivity index (χ4n) is 1.21. The second-order valence-electron chi connectivity index (χ2n) is 3.69. The average Bonchev–Trinajstić information content (AvgIpc) is 2.40. The van der Waals surface area contributed by atoms with Gasteiger partial charge in [-0.05, 0) is 33.7 Å². The summed E-state index contributed by atoms with van der Waals surface area (Å²) in [6, 6.07) is 0. The SMILES string of the molecule is CC.CC(C)(C)N1[B]CCC1.[W]. The predicted octanol–water partition coefficient (Wildman–Crippen LogP) is 2.55. The number of rotatable bonds is 0. The van der Waals surface area contributed by atoms with Gasteiger partial charge < -0.3 is 4.81 Å². The van der Waals surface area contributed by atoms with Crippen LogP contribution in [0, 0.1) is 0 Å². The summed E-state index contributed by atoms with van der Waals surface area (Å²) in [4.78, 5) is 2.42. The molecule has 1 aliphatic heterocycles. The van der Waals surface area contributed by atoms with E-state index in [4.69, 9.17) is 0 Å². The molecule has 0 amide bonds. The topological polar surface area (TPSA) is 3.24 Å². The molecule has 1 nitrogen and oxygen atoms in total. The molecule has 1 aliphatic rings. The van der Waals surface area contributed by atoms with Crippen molar-refractivity contribution >= 4 is 7.41 Å². The molecule has 0 spiro atoms. The summed E-state index contributed by atoms with van der Waals surface area (Å²) in [6.45, 7) is 12.0. The fraction of sp³-hybridized carbons (Fsp3) is 1.00. The summed E-state index contributed by atoms with van der Waals surface area (Å²) in [5.74, 6) is 0. The maximum absolute atomic E-state index is 2.42. The molecule has 71 valence electrons. The van der Waals surface area contributed by atoms with Crippen LogP contribution in [-0.4, -0.2) is 24.3 Å². The number of nitrogens with zero attached hydrogens (tertiary/aromatic N) is 1. The van der Waals surface area contributed by atoms with Crippen molar-refractivity contribution in [1.29, 1.82) is 0 Å². The van der Waals surface area contributed by atoms with Crippen LogP contribution in [0.2, 0.25) is 6.32 Å². The van der Waals surface area contributed by atoms with Gasteiger partial charge in [0.15, 0.2) is 0 Å². The summed E-state index contributed by atoms with van der Waals surface area (Å²) in [5, 5.41) is 0. The first-order valence-corrected chi connectivity index (χ1v) is 4.71. The van der Waals surface area contributed by atoms with Crippen molar-refractivity contribution in [2.75, 3.05) is 6.54 Å². The van der Waals surface area contributed by atoms with Crippen molar-refractivity contribution in [1.82, 2.24) is 4.81 Å². The molecule has 0 aromatic rings. The second-order valence-corrected chi connectivity index (χ2v) is 3.69. The van der Waals surface area contributed by atoms with Gasteiger partial charge in [0.25, 0.3) is 0 Å². The third-order valence-electron chi connectivity index (χ3n) is 1.81. The summed E-state index contributed by atoms with van der Waals surface area (Å²) < 4.78 is 0. The minimum Gasteiger partial charge on any atom is -0.342 e. The van der Waals surface area contributed by atoms with Crippen molar-refractivity contribution in [3.05, 3.63) is 0 Å². The quantitative estimate of drug-likeness (QED) is 0.614. The molecule has 0 atom stereocenters. The van der Waals surface area contributed by atoms with Gasteiger partial charge in [-0.3, -0.25) is 0 Å². The van der Waals surface area contributed by atoms with Crippen LogP contribution in [0.5, 0.6) is 0 Å². The van der Waals surface area contributed by atoms with Crippen LogP contribution in [0.25, 0.3) is 0 Å². The summed E-state index contributed by atoms with van der Waals surface area (Å²) >= 11 is 0. The Balaban J connectivity index is 0. The van der Waals surface area contributed by atoms with Gasteiger partial charge in [-0.25, -0.2) is 0 Å². The zero-order valence-electron chi connectivity index (χ0n) is 9.05. The van der Waals surface area contributed by atoms with E-state index in [1.165, 1.54) is 19.3 Å². The fourth-order valence-corrected chi connectivity index (χ4v) is 1.21. The van der Waals surface area contributed by atoms with E-state index >= 15 is 0 Å². The summed E-state index contributed by atoms with van der Waals surface area (Å²) in [5.41, 5.74) is 0.358. The smallest absolute Gasteiger partial charge is 0.209 e. The Kier molecular flexibility index (Phi) is 9.05. The predicted molar refractivity (Wildman–Crippen MR) is 53.0 cm³/mol. The Bertz CT molecular complexity index is 95.2. The van der Waals surface area contributed by atoms with Crippen molar-refractivity contribution in [2.24, 2.45) is 0 Å². The van der Waals surface area contributed by atoms with E-state index in [-0.39, 0.29) is 21.1 Å². The molecule has 1 rings (SSSR count). The van der Waals surface area contributed by atoms with Crippen molar-refractivity contribution in [3.8, 4) is 0 Å². The van der Waals surface area contributed by atoms with Gasteiger partial charge in [0.1, 0.15) is 0 Å². The largest absolute Gasteiger partial charge is 0.342 e. The average molecular weight is 338 g/mol. The Morgan fingerprint density at radius 3 is 1.83 bits per heavy atom. The van der Waals surface area contributed by atoms with Crippen LogP contribution in [0.1, 0.15) is 41.0 Å². The molecule has 0 bridgehead atoms. The molecule has 3 heteroatoms. The molecule has 0 N–H and O–H groups in total. The maximum Gasteiger partial charge on any atom is 0.209 e. The first kappa shape index (κ1) is 15.2. The number of hydrogen-bond acceptors (Lipinski definition) is 1. The molecular formula is C9H21BNW. The molecule has 0 aromatic heterocycles.